The Morgan fingerprint density at radius 2 is 2.10 bits per heavy atom. The van der Waals surface area contributed by atoms with Gasteiger partial charge in [-0.25, -0.2) is 0 Å². The van der Waals surface area contributed by atoms with Gasteiger partial charge in [0.15, 0.2) is 6.29 Å². The van der Waals surface area contributed by atoms with Gasteiger partial charge in [-0.15, -0.1) is 0 Å². The van der Waals surface area contributed by atoms with Crippen LogP contribution in [-0.2, 0) is 20.7 Å². The molecule has 0 spiro atoms. The van der Waals surface area contributed by atoms with Crippen molar-refractivity contribution in [3.63, 3.8) is 0 Å². The number of nitro benzene ring substituents is 1. The van der Waals surface area contributed by atoms with Crippen LogP contribution in [0.25, 0.3) is 0 Å². The second kappa shape index (κ2) is 6.51. The van der Waals surface area contributed by atoms with E-state index in [0.29, 0.717) is 24.2 Å². The highest BCUT2D eigenvalue weighted by Gasteiger charge is 2.22. The lowest BCUT2D eigenvalue weighted by Gasteiger charge is -2.19. The first-order valence-corrected chi connectivity index (χ1v) is 6.45. The van der Waals surface area contributed by atoms with Gasteiger partial charge < -0.3 is 20.1 Å². The molecule has 1 heterocycles. The van der Waals surface area contributed by atoms with Crippen molar-refractivity contribution in [2.75, 3.05) is 31.4 Å². The highest BCUT2D eigenvalue weighted by atomic mass is 16.7. The van der Waals surface area contributed by atoms with E-state index in [9.17, 15) is 14.9 Å². The van der Waals surface area contributed by atoms with Gasteiger partial charge in [0.25, 0.3) is 5.69 Å². The molecule has 0 saturated heterocycles. The summed E-state index contributed by atoms with van der Waals surface area (Å²) in [5.41, 5.74) is 1.66. The van der Waals surface area contributed by atoms with Crippen molar-refractivity contribution in [1.82, 2.24) is 0 Å². The molecule has 0 fully saturated rings. The molecule has 2 rings (SSSR count). The van der Waals surface area contributed by atoms with Crippen LogP contribution in [0.15, 0.2) is 12.1 Å². The van der Waals surface area contributed by atoms with Crippen molar-refractivity contribution < 1.29 is 19.2 Å². The van der Waals surface area contributed by atoms with E-state index in [-0.39, 0.29) is 18.1 Å². The highest BCUT2D eigenvalue weighted by Crippen LogP contribution is 2.34. The Kier molecular flexibility index (Phi) is 4.71. The van der Waals surface area contributed by atoms with Crippen LogP contribution in [0.5, 0.6) is 0 Å². The Morgan fingerprint density at radius 3 is 2.71 bits per heavy atom. The smallest absolute Gasteiger partial charge is 0.292 e. The van der Waals surface area contributed by atoms with Crippen molar-refractivity contribution in [2.45, 2.75) is 19.1 Å². The molecule has 1 aromatic rings. The van der Waals surface area contributed by atoms with Crippen LogP contribution in [0.2, 0.25) is 0 Å². The minimum Gasteiger partial charge on any atom is -0.374 e. The molecule has 0 atom stereocenters. The van der Waals surface area contributed by atoms with E-state index in [4.69, 9.17) is 9.47 Å². The van der Waals surface area contributed by atoms with E-state index in [2.05, 4.69) is 10.6 Å². The van der Waals surface area contributed by atoms with Crippen LogP contribution in [0.3, 0.4) is 0 Å². The predicted octanol–water partition coefficient (Wildman–Crippen LogP) is 1.51. The number of hydrogen-bond donors (Lipinski definition) is 2. The summed E-state index contributed by atoms with van der Waals surface area (Å²) in [6.45, 7) is 0.251. The number of nitrogens with zero attached hydrogens (tertiary/aromatic N) is 1. The zero-order valence-corrected chi connectivity index (χ0v) is 11.8. The summed E-state index contributed by atoms with van der Waals surface area (Å²) in [6, 6.07) is 3.07. The minimum absolute atomic E-state index is 0.0316. The number of methoxy groups -OCH3 is 2. The molecule has 0 saturated carbocycles. The number of carbonyl (C=O) groups is 1. The van der Waals surface area contributed by atoms with Crippen LogP contribution >= 0.6 is 0 Å². The Labute approximate surface area is 121 Å². The lowest BCUT2D eigenvalue weighted by Crippen LogP contribution is -2.24. The molecule has 8 heteroatoms. The van der Waals surface area contributed by atoms with Gasteiger partial charge in [-0.1, -0.05) is 0 Å². The van der Waals surface area contributed by atoms with E-state index in [1.165, 1.54) is 20.3 Å². The largest absolute Gasteiger partial charge is 0.374 e. The number of carbonyl (C=O) groups excluding carboxylic acids is 1. The lowest BCUT2D eigenvalue weighted by molar-refractivity contribution is -0.384. The molecule has 8 nitrogen and oxygen atoms in total. The predicted molar refractivity (Wildman–Crippen MR) is 76.3 cm³/mol. The number of benzene rings is 1. The topological polar surface area (TPSA) is 103 Å². The maximum absolute atomic E-state index is 11.4. The van der Waals surface area contributed by atoms with Crippen molar-refractivity contribution in [2.24, 2.45) is 0 Å². The van der Waals surface area contributed by atoms with Gasteiger partial charge in [-0.3, -0.25) is 14.9 Å². The lowest BCUT2D eigenvalue weighted by atomic mass is 10.0. The zero-order valence-electron chi connectivity index (χ0n) is 11.8. The number of ether oxygens (including phenoxy) is 2. The number of nitrogens with one attached hydrogen (secondary N) is 2. The van der Waals surface area contributed by atoms with Gasteiger partial charge in [0, 0.05) is 32.4 Å². The molecular weight excluding hydrogens is 278 g/mol. The van der Waals surface area contributed by atoms with E-state index >= 15 is 0 Å². The fourth-order valence-corrected chi connectivity index (χ4v) is 2.16. The summed E-state index contributed by atoms with van der Waals surface area (Å²) in [7, 11) is 2.97. The summed E-state index contributed by atoms with van der Waals surface area (Å²) in [4.78, 5) is 22.1. The molecule has 2 N–H and O–H groups in total. The summed E-state index contributed by atoms with van der Waals surface area (Å²) >= 11 is 0. The second-order valence-electron chi connectivity index (χ2n) is 4.61. The molecule has 0 bridgehead atoms. The molecule has 1 aliphatic heterocycles. The molecule has 0 aromatic heterocycles. The van der Waals surface area contributed by atoms with E-state index < -0.39 is 11.2 Å². The average molecular weight is 295 g/mol. The van der Waals surface area contributed by atoms with Gasteiger partial charge >= 0.3 is 0 Å². The Balaban J connectivity index is 2.27. The third-order valence-corrected chi connectivity index (χ3v) is 3.30. The first-order chi connectivity index (χ1) is 10.0. The second-order valence-corrected chi connectivity index (χ2v) is 4.61. The van der Waals surface area contributed by atoms with Crippen LogP contribution < -0.4 is 10.6 Å². The van der Waals surface area contributed by atoms with Crippen LogP contribution in [0.1, 0.15) is 12.0 Å². The molecule has 0 unspecified atom stereocenters. The van der Waals surface area contributed by atoms with Gasteiger partial charge in [0.05, 0.1) is 11.5 Å². The molecule has 1 aliphatic rings. The summed E-state index contributed by atoms with van der Waals surface area (Å²) in [6.07, 6.45) is 0.322. The first kappa shape index (κ1) is 15.2. The van der Waals surface area contributed by atoms with E-state index in [1.807, 2.05) is 0 Å². The van der Waals surface area contributed by atoms with Crippen molar-refractivity contribution in [1.29, 1.82) is 0 Å². The zero-order chi connectivity index (χ0) is 15.4. The number of amides is 1. The SMILES string of the molecule is COC(CNc1cc2c(cc1[N+](=O)[O-])CCC(=O)N2)OC. The Morgan fingerprint density at radius 1 is 1.38 bits per heavy atom. The maximum atomic E-state index is 11.4. The molecule has 1 amide bonds. The number of nitro groups is 1. The summed E-state index contributed by atoms with van der Waals surface area (Å²) < 4.78 is 10.1. The number of anilines is 2. The fourth-order valence-electron chi connectivity index (χ4n) is 2.16. The molecular formula is C13H17N3O5. The normalized spacial score (nSPS) is 13.8. The molecule has 0 radical (unpaired) electrons. The van der Waals surface area contributed by atoms with Crippen LogP contribution in [-0.4, -0.2) is 37.9 Å². The monoisotopic (exact) mass is 295 g/mol. The third-order valence-electron chi connectivity index (χ3n) is 3.30. The number of fused-ring (bicyclic) bond motifs is 1. The number of aryl methyl sites for hydroxylation is 1. The first-order valence-electron chi connectivity index (χ1n) is 6.45. The van der Waals surface area contributed by atoms with Gasteiger partial charge in [0.2, 0.25) is 5.91 Å². The molecule has 0 aliphatic carbocycles. The van der Waals surface area contributed by atoms with Crippen molar-refractivity contribution in [3.05, 3.63) is 27.8 Å². The average Bonchev–Trinajstić information content (AvgIpc) is 2.47. The van der Waals surface area contributed by atoms with E-state index in [1.54, 1.807) is 6.07 Å². The number of hydrogen-bond acceptors (Lipinski definition) is 6. The summed E-state index contributed by atoms with van der Waals surface area (Å²) in [5, 5.41) is 16.8. The third kappa shape index (κ3) is 3.47. The Hall–Kier alpha value is -2.19. The standard InChI is InChI=1S/C13H17N3O5/c1-20-13(21-2)7-14-10-6-9-8(3-4-12(17)15-9)5-11(10)16(18)19/h5-6,13-14H,3-4,7H2,1-2H3,(H,15,17). The quantitative estimate of drug-likeness (QED) is 0.468. The minimum atomic E-state index is -0.518. The van der Waals surface area contributed by atoms with Gasteiger partial charge in [0.1, 0.15) is 5.69 Å². The molecule has 114 valence electrons. The fraction of sp³-hybridized carbons (Fsp3) is 0.462. The highest BCUT2D eigenvalue weighted by molar-refractivity contribution is 5.95. The molecule has 21 heavy (non-hydrogen) atoms. The maximum Gasteiger partial charge on any atom is 0.292 e. The van der Waals surface area contributed by atoms with Crippen molar-refractivity contribution in [3.8, 4) is 0 Å². The summed E-state index contributed by atoms with van der Waals surface area (Å²) in [5.74, 6) is -0.0889. The van der Waals surface area contributed by atoms with Crippen molar-refractivity contribution >= 4 is 23.0 Å². The Bertz CT molecular complexity index is 557. The molecule has 1 aromatic carbocycles. The van der Waals surface area contributed by atoms with Gasteiger partial charge in [-0.05, 0) is 18.1 Å². The van der Waals surface area contributed by atoms with Crippen LogP contribution in [0, 0.1) is 10.1 Å². The van der Waals surface area contributed by atoms with Gasteiger partial charge in [-0.2, -0.15) is 0 Å². The number of rotatable bonds is 6. The van der Waals surface area contributed by atoms with E-state index in [0.717, 1.165) is 5.56 Å². The van der Waals surface area contributed by atoms with Crippen LogP contribution in [0.4, 0.5) is 17.1 Å².